The third kappa shape index (κ3) is 2.87. The molecule has 1 aromatic rings. The maximum atomic E-state index is 13.2. The summed E-state index contributed by atoms with van der Waals surface area (Å²) >= 11 is 0. The molecule has 0 N–H and O–H groups in total. The minimum absolute atomic E-state index is 0.0569. The van der Waals surface area contributed by atoms with E-state index in [1.165, 1.54) is 12.1 Å². The lowest BCUT2D eigenvalue weighted by atomic mass is 10.1. The molecule has 0 spiro atoms. The smallest absolute Gasteiger partial charge is 0.348 e. The number of carbonyl (C=O) groups excluding carboxylic acids is 2. The highest BCUT2D eigenvalue weighted by Crippen LogP contribution is 2.07. The molecule has 0 saturated heterocycles. The van der Waals surface area contributed by atoms with Crippen molar-refractivity contribution in [1.29, 1.82) is 0 Å². The van der Waals surface area contributed by atoms with Crippen LogP contribution < -0.4 is 0 Å². The van der Waals surface area contributed by atoms with E-state index in [-0.39, 0.29) is 12.2 Å². The first-order chi connectivity index (χ1) is 7.16. The van der Waals surface area contributed by atoms with E-state index in [0.29, 0.717) is 0 Å². The Morgan fingerprint density at radius 2 is 1.93 bits per heavy atom. The van der Waals surface area contributed by atoms with Crippen LogP contribution in [0.1, 0.15) is 17.3 Å². The van der Waals surface area contributed by atoms with Gasteiger partial charge < -0.3 is 4.74 Å². The normalized spacial score (nSPS) is 11.9. The number of rotatable bonds is 4. The van der Waals surface area contributed by atoms with Gasteiger partial charge in [-0.3, -0.25) is 4.79 Å². The van der Waals surface area contributed by atoms with Crippen LogP contribution in [0.4, 0.5) is 4.39 Å². The van der Waals surface area contributed by atoms with Crippen LogP contribution in [0, 0.1) is 0 Å². The fraction of sp³-hybridized carbons (Fsp3) is 0.273. The highest BCUT2D eigenvalue weighted by atomic mass is 18.2. The first-order valence-electron chi connectivity index (χ1n) is 4.56. The maximum Gasteiger partial charge on any atom is 0.348 e. The monoisotopic (exact) mass is 209 g/mol. The van der Waals surface area contributed by atoms with Gasteiger partial charge in [0.25, 0.3) is 6.17 Å². The molecule has 0 radical (unpaired) electrons. The van der Waals surface area contributed by atoms with Gasteiger partial charge in [-0.05, 0) is 6.92 Å². The molecule has 15 heavy (non-hydrogen) atoms. The molecular weight excluding hydrogens is 198 g/mol. The molecule has 4 heteroatoms. The molecule has 1 rings (SSSR count). The van der Waals surface area contributed by atoms with Gasteiger partial charge >= 0.3 is 5.97 Å². The number of ketones is 1. The molecule has 80 valence electrons. The van der Waals surface area contributed by atoms with Gasteiger partial charge in [-0.1, -0.05) is 30.3 Å². The van der Waals surface area contributed by atoms with Crippen LogP contribution in [0.15, 0.2) is 30.3 Å². The topological polar surface area (TPSA) is 43.4 Å². The summed E-state index contributed by atoms with van der Waals surface area (Å²) in [5.74, 6) is -2.00. The van der Waals surface area contributed by atoms with Crippen molar-refractivity contribution in [3.63, 3.8) is 0 Å². The molecular formula is C11H11FO3. The third-order valence-electron chi connectivity index (χ3n) is 1.78. The molecule has 0 bridgehead atoms. The minimum atomic E-state index is -2.23. The fourth-order valence-corrected chi connectivity index (χ4v) is 1.07. The summed E-state index contributed by atoms with van der Waals surface area (Å²) in [5, 5.41) is 0. The number of alkyl halides is 1. The summed E-state index contributed by atoms with van der Waals surface area (Å²) in [6.07, 6.45) is -2.23. The summed E-state index contributed by atoms with van der Waals surface area (Å²) in [7, 11) is 0. The average molecular weight is 209 g/mol. The van der Waals surface area contributed by atoms with Crippen LogP contribution in [-0.2, 0) is 9.53 Å². The Bertz CT molecular complexity index is 348. The Labute approximate surface area is 86.9 Å². The second-order valence-electron chi connectivity index (χ2n) is 2.84. The maximum absolute atomic E-state index is 13.2. The number of ether oxygens (including phenoxy) is 1. The highest BCUT2D eigenvalue weighted by molar-refractivity contribution is 6.10. The summed E-state index contributed by atoms with van der Waals surface area (Å²) in [6, 6.07) is 7.81. The van der Waals surface area contributed by atoms with Crippen LogP contribution in [-0.4, -0.2) is 24.5 Å². The van der Waals surface area contributed by atoms with E-state index in [0.717, 1.165) is 0 Å². The van der Waals surface area contributed by atoms with Crippen molar-refractivity contribution in [2.75, 3.05) is 6.61 Å². The molecule has 3 nitrogen and oxygen atoms in total. The summed E-state index contributed by atoms with van der Waals surface area (Å²) in [5.41, 5.74) is 0.165. The molecule has 1 atom stereocenters. The fourth-order valence-electron chi connectivity index (χ4n) is 1.07. The van der Waals surface area contributed by atoms with E-state index < -0.39 is 17.9 Å². The second kappa shape index (κ2) is 5.24. The quantitative estimate of drug-likeness (QED) is 0.431. The van der Waals surface area contributed by atoms with Crippen LogP contribution in [0.3, 0.4) is 0 Å². The molecule has 0 heterocycles. The third-order valence-corrected chi connectivity index (χ3v) is 1.78. The van der Waals surface area contributed by atoms with Crippen LogP contribution in [0.5, 0.6) is 0 Å². The average Bonchev–Trinajstić information content (AvgIpc) is 2.28. The van der Waals surface area contributed by atoms with E-state index in [9.17, 15) is 14.0 Å². The molecule has 0 fully saturated rings. The summed E-state index contributed by atoms with van der Waals surface area (Å²) < 4.78 is 17.7. The molecule has 0 aliphatic heterocycles. The number of hydrogen-bond acceptors (Lipinski definition) is 3. The lowest BCUT2D eigenvalue weighted by Gasteiger charge is -2.06. The predicted molar refractivity (Wildman–Crippen MR) is 52.3 cm³/mol. The van der Waals surface area contributed by atoms with Gasteiger partial charge in [0.1, 0.15) is 0 Å². The Hall–Kier alpha value is -1.71. The second-order valence-corrected chi connectivity index (χ2v) is 2.84. The standard InChI is InChI=1S/C11H11FO3/c1-2-15-11(14)9(12)10(13)8-6-4-3-5-7-8/h3-7,9H,2H2,1H3/i12-1. The highest BCUT2D eigenvalue weighted by Gasteiger charge is 2.28. The van der Waals surface area contributed by atoms with Crippen molar-refractivity contribution in [2.45, 2.75) is 13.1 Å². The zero-order valence-electron chi connectivity index (χ0n) is 8.27. The molecule has 0 aliphatic carbocycles. The number of hydrogen-bond donors (Lipinski definition) is 0. The van der Waals surface area contributed by atoms with Gasteiger partial charge in [-0.2, -0.15) is 0 Å². The van der Waals surface area contributed by atoms with Crippen LogP contribution in [0.2, 0.25) is 0 Å². The van der Waals surface area contributed by atoms with E-state index in [1.54, 1.807) is 25.1 Å². The molecule has 0 saturated carbocycles. The van der Waals surface area contributed by atoms with E-state index in [1.807, 2.05) is 0 Å². The number of Topliss-reactive ketones (excluding diaryl/α,β-unsaturated/α-hetero) is 1. The van der Waals surface area contributed by atoms with Crippen molar-refractivity contribution in [3.8, 4) is 0 Å². The summed E-state index contributed by atoms with van der Waals surface area (Å²) in [4.78, 5) is 22.3. The lowest BCUT2D eigenvalue weighted by Crippen LogP contribution is -2.27. The predicted octanol–water partition coefficient (Wildman–Crippen LogP) is 1.77. The zero-order valence-corrected chi connectivity index (χ0v) is 8.27. The van der Waals surface area contributed by atoms with Gasteiger partial charge in [-0.15, -0.1) is 0 Å². The Balaban J connectivity index is 2.73. The Morgan fingerprint density at radius 1 is 1.33 bits per heavy atom. The Kier molecular flexibility index (Phi) is 3.97. The van der Waals surface area contributed by atoms with Crippen LogP contribution >= 0.6 is 0 Å². The number of esters is 1. The van der Waals surface area contributed by atoms with Crippen molar-refractivity contribution < 1.29 is 18.7 Å². The Morgan fingerprint density at radius 3 is 2.47 bits per heavy atom. The van der Waals surface area contributed by atoms with Crippen molar-refractivity contribution in [3.05, 3.63) is 35.9 Å². The van der Waals surface area contributed by atoms with Gasteiger partial charge in [0.05, 0.1) is 6.61 Å². The summed E-state index contributed by atoms with van der Waals surface area (Å²) in [6.45, 7) is 1.61. The van der Waals surface area contributed by atoms with Crippen molar-refractivity contribution >= 4 is 11.8 Å². The first-order valence-corrected chi connectivity index (χ1v) is 4.56. The first kappa shape index (κ1) is 11.4. The molecule has 0 aliphatic rings. The van der Waals surface area contributed by atoms with Crippen molar-refractivity contribution in [2.24, 2.45) is 0 Å². The molecule has 0 amide bonds. The molecule has 1 unspecified atom stereocenters. The lowest BCUT2D eigenvalue weighted by molar-refractivity contribution is -0.147. The van der Waals surface area contributed by atoms with Gasteiger partial charge in [0, 0.05) is 5.56 Å². The number of carbonyl (C=O) groups is 2. The van der Waals surface area contributed by atoms with E-state index >= 15 is 0 Å². The number of halogens is 1. The zero-order chi connectivity index (χ0) is 11.3. The molecule has 0 aromatic heterocycles. The van der Waals surface area contributed by atoms with Crippen molar-refractivity contribution in [1.82, 2.24) is 0 Å². The van der Waals surface area contributed by atoms with Gasteiger partial charge in [-0.25, -0.2) is 9.18 Å². The minimum Gasteiger partial charge on any atom is -0.463 e. The van der Waals surface area contributed by atoms with E-state index in [2.05, 4.69) is 4.74 Å². The largest absolute Gasteiger partial charge is 0.463 e. The number of benzene rings is 1. The SMILES string of the molecule is CCOC(=O)C([18F])C(=O)c1ccccc1. The van der Waals surface area contributed by atoms with E-state index in [4.69, 9.17) is 0 Å². The van der Waals surface area contributed by atoms with Gasteiger partial charge in [0.15, 0.2) is 0 Å². The van der Waals surface area contributed by atoms with Gasteiger partial charge in [0.2, 0.25) is 5.78 Å². The van der Waals surface area contributed by atoms with Crippen LogP contribution in [0.25, 0.3) is 0 Å². The molecule has 1 aromatic carbocycles.